The van der Waals surface area contributed by atoms with Gasteiger partial charge in [0, 0.05) is 11.6 Å². The molecule has 1 aliphatic heterocycles. The van der Waals surface area contributed by atoms with Gasteiger partial charge in [0.15, 0.2) is 0 Å². The van der Waals surface area contributed by atoms with Crippen LogP contribution in [0.3, 0.4) is 0 Å². The summed E-state index contributed by atoms with van der Waals surface area (Å²) in [6.45, 7) is 1.34. The number of benzene rings is 1. The molecule has 3 amide bonds. The number of hydrogen-bond acceptors (Lipinski definition) is 4. The Morgan fingerprint density at radius 1 is 1.11 bits per heavy atom. The number of hydrogen-bond donors (Lipinski definition) is 1. The van der Waals surface area contributed by atoms with Crippen LogP contribution in [-0.4, -0.2) is 54.1 Å². The van der Waals surface area contributed by atoms with E-state index in [1.54, 1.807) is 12.1 Å². The van der Waals surface area contributed by atoms with Gasteiger partial charge in [0.2, 0.25) is 0 Å². The highest BCUT2D eigenvalue weighted by atomic mass is 35.5. The molecule has 1 N–H and O–H groups in total. The molecule has 1 aromatic carbocycles. The van der Waals surface area contributed by atoms with Gasteiger partial charge in [0.05, 0.1) is 6.67 Å². The lowest BCUT2D eigenvalue weighted by Crippen LogP contribution is -2.48. The number of carbonyl (C=O) groups is 2. The lowest BCUT2D eigenvalue weighted by Gasteiger charge is -2.29. The standard InChI is InChI=1S/C20H28ClN3O3/c1-23(13-14-27-17-9-7-16(21)8-10-17)15-24-18(25)20(22-19(24)26)11-5-3-2-4-6-12-20/h7-10H,2-6,11-15H2,1H3,(H,22,26). The minimum absolute atomic E-state index is 0.0696. The van der Waals surface area contributed by atoms with Crippen LogP contribution in [0.15, 0.2) is 24.3 Å². The molecule has 1 aromatic rings. The van der Waals surface area contributed by atoms with Gasteiger partial charge in [-0.3, -0.25) is 9.69 Å². The van der Waals surface area contributed by atoms with E-state index < -0.39 is 5.54 Å². The molecule has 1 saturated carbocycles. The maximum atomic E-state index is 13.0. The largest absolute Gasteiger partial charge is 0.492 e. The smallest absolute Gasteiger partial charge is 0.326 e. The van der Waals surface area contributed by atoms with Gasteiger partial charge in [-0.1, -0.05) is 43.7 Å². The zero-order valence-electron chi connectivity index (χ0n) is 15.9. The van der Waals surface area contributed by atoms with Crippen molar-refractivity contribution in [3.8, 4) is 5.75 Å². The summed E-state index contributed by atoms with van der Waals surface area (Å²) in [5, 5.41) is 3.66. The zero-order chi connectivity index (χ0) is 19.3. The first-order valence-corrected chi connectivity index (χ1v) is 10.1. The van der Waals surface area contributed by atoms with Crippen LogP contribution in [0.2, 0.25) is 5.02 Å². The molecule has 3 rings (SSSR count). The molecular formula is C20H28ClN3O3. The number of urea groups is 1. The minimum atomic E-state index is -0.682. The number of rotatable bonds is 6. The van der Waals surface area contributed by atoms with Crippen LogP contribution in [0.1, 0.15) is 44.9 Å². The summed E-state index contributed by atoms with van der Waals surface area (Å²) >= 11 is 5.86. The topological polar surface area (TPSA) is 61.9 Å². The van der Waals surface area contributed by atoms with Gasteiger partial charge >= 0.3 is 6.03 Å². The van der Waals surface area contributed by atoms with Crippen molar-refractivity contribution in [2.24, 2.45) is 0 Å². The van der Waals surface area contributed by atoms with Gasteiger partial charge in [-0.2, -0.15) is 0 Å². The van der Waals surface area contributed by atoms with Crippen LogP contribution in [0.25, 0.3) is 0 Å². The van der Waals surface area contributed by atoms with Gasteiger partial charge in [0.25, 0.3) is 5.91 Å². The maximum Gasteiger partial charge on any atom is 0.326 e. The van der Waals surface area contributed by atoms with Crippen LogP contribution >= 0.6 is 11.6 Å². The molecule has 0 aromatic heterocycles. The van der Waals surface area contributed by atoms with Crippen LogP contribution in [0.4, 0.5) is 4.79 Å². The molecule has 1 spiro atoms. The van der Waals surface area contributed by atoms with Gasteiger partial charge < -0.3 is 10.1 Å². The summed E-state index contributed by atoms with van der Waals surface area (Å²) in [5.41, 5.74) is -0.682. The number of nitrogens with zero attached hydrogens (tertiary/aromatic N) is 2. The number of likely N-dealkylation sites (N-methyl/N-ethyl adjacent to an activating group) is 1. The molecule has 1 saturated heterocycles. The molecule has 0 atom stereocenters. The molecule has 0 bridgehead atoms. The summed E-state index contributed by atoms with van der Waals surface area (Å²) in [6.07, 6.45) is 6.96. The van der Waals surface area contributed by atoms with E-state index in [1.807, 2.05) is 24.1 Å². The van der Waals surface area contributed by atoms with E-state index in [0.717, 1.165) is 44.3 Å². The normalized spacial score (nSPS) is 19.9. The highest BCUT2D eigenvalue weighted by molar-refractivity contribution is 6.30. The second-order valence-corrected chi connectivity index (χ2v) is 7.97. The molecule has 1 aliphatic carbocycles. The van der Waals surface area contributed by atoms with Crippen LogP contribution in [0, 0.1) is 0 Å². The Hall–Kier alpha value is -1.79. The molecule has 2 fully saturated rings. The summed E-state index contributed by atoms with van der Waals surface area (Å²) in [6, 6.07) is 6.92. The lowest BCUT2D eigenvalue weighted by atomic mass is 9.84. The van der Waals surface area contributed by atoms with Gasteiger partial charge in [-0.05, 0) is 44.2 Å². The van der Waals surface area contributed by atoms with Crippen LogP contribution < -0.4 is 10.1 Å². The Morgan fingerprint density at radius 2 is 1.74 bits per heavy atom. The van der Waals surface area contributed by atoms with Gasteiger partial charge in [-0.15, -0.1) is 0 Å². The molecule has 27 heavy (non-hydrogen) atoms. The average molecular weight is 394 g/mol. The predicted octanol–water partition coefficient (Wildman–Crippen LogP) is 3.64. The van der Waals surface area contributed by atoms with Gasteiger partial charge in [0.1, 0.15) is 17.9 Å². The molecule has 2 aliphatic rings. The summed E-state index contributed by atoms with van der Waals surface area (Å²) in [7, 11) is 1.88. The van der Waals surface area contributed by atoms with Crippen molar-refractivity contribution in [1.82, 2.24) is 15.1 Å². The van der Waals surface area contributed by atoms with E-state index in [4.69, 9.17) is 16.3 Å². The molecule has 6 nitrogen and oxygen atoms in total. The molecule has 148 valence electrons. The second-order valence-electron chi connectivity index (χ2n) is 7.54. The Labute approximate surface area is 165 Å². The second kappa shape index (κ2) is 8.93. The Bertz CT molecular complexity index is 657. The van der Waals surface area contributed by atoms with Crippen molar-refractivity contribution >= 4 is 23.5 Å². The third kappa shape index (κ3) is 4.93. The van der Waals surface area contributed by atoms with Crippen molar-refractivity contribution in [2.75, 3.05) is 26.9 Å². The zero-order valence-corrected chi connectivity index (χ0v) is 16.6. The Balaban J connectivity index is 1.50. The number of ether oxygens (including phenoxy) is 1. The van der Waals surface area contributed by atoms with Crippen molar-refractivity contribution in [2.45, 2.75) is 50.5 Å². The summed E-state index contributed by atoms with van der Waals surface area (Å²) in [5.74, 6) is 0.677. The molecule has 0 radical (unpaired) electrons. The number of imide groups is 1. The molecule has 7 heteroatoms. The van der Waals surface area contributed by atoms with Crippen molar-refractivity contribution in [1.29, 1.82) is 0 Å². The third-order valence-corrected chi connectivity index (χ3v) is 5.64. The lowest BCUT2D eigenvalue weighted by molar-refractivity contribution is -0.133. The molecule has 0 unspecified atom stereocenters. The van der Waals surface area contributed by atoms with E-state index in [9.17, 15) is 9.59 Å². The molecular weight excluding hydrogens is 366 g/mol. The molecule has 1 heterocycles. The first-order chi connectivity index (χ1) is 13.0. The number of nitrogens with one attached hydrogen (secondary N) is 1. The van der Waals surface area contributed by atoms with Crippen LogP contribution in [-0.2, 0) is 4.79 Å². The van der Waals surface area contributed by atoms with E-state index >= 15 is 0 Å². The van der Waals surface area contributed by atoms with Gasteiger partial charge in [-0.25, -0.2) is 9.69 Å². The fraction of sp³-hybridized carbons (Fsp3) is 0.600. The number of amides is 3. The third-order valence-electron chi connectivity index (χ3n) is 5.39. The monoisotopic (exact) mass is 393 g/mol. The number of carbonyl (C=O) groups excluding carboxylic acids is 2. The fourth-order valence-electron chi connectivity index (χ4n) is 3.81. The number of halogens is 1. The predicted molar refractivity (Wildman–Crippen MR) is 105 cm³/mol. The van der Waals surface area contributed by atoms with Crippen molar-refractivity contribution in [3.63, 3.8) is 0 Å². The van der Waals surface area contributed by atoms with E-state index in [1.165, 1.54) is 11.3 Å². The first-order valence-electron chi connectivity index (χ1n) is 9.71. The highest BCUT2D eigenvalue weighted by Crippen LogP contribution is 2.32. The maximum absolute atomic E-state index is 13.0. The van der Waals surface area contributed by atoms with Crippen LogP contribution in [0.5, 0.6) is 5.75 Å². The van der Waals surface area contributed by atoms with Crippen molar-refractivity contribution in [3.05, 3.63) is 29.3 Å². The summed E-state index contributed by atoms with van der Waals surface area (Å²) in [4.78, 5) is 28.7. The Morgan fingerprint density at radius 3 is 2.41 bits per heavy atom. The minimum Gasteiger partial charge on any atom is -0.492 e. The van der Waals surface area contributed by atoms with E-state index in [0.29, 0.717) is 18.2 Å². The SMILES string of the molecule is CN(CCOc1ccc(Cl)cc1)CN1C(=O)NC2(CCCCCCC2)C1=O. The Kier molecular flexibility index (Phi) is 6.60. The average Bonchev–Trinajstić information content (AvgIpc) is 2.85. The van der Waals surface area contributed by atoms with E-state index in [-0.39, 0.29) is 18.6 Å². The summed E-state index contributed by atoms with van der Waals surface area (Å²) < 4.78 is 5.69. The quantitative estimate of drug-likeness (QED) is 0.749. The highest BCUT2D eigenvalue weighted by Gasteiger charge is 2.50. The van der Waals surface area contributed by atoms with Crippen molar-refractivity contribution < 1.29 is 14.3 Å². The first kappa shape index (κ1) is 20.0. The van der Waals surface area contributed by atoms with E-state index in [2.05, 4.69) is 5.32 Å². The fourth-order valence-corrected chi connectivity index (χ4v) is 3.94.